The molecule has 4 nitrogen and oxygen atoms in total. The fourth-order valence-electron chi connectivity index (χ4n) is 3.40. The molecular weight excluding hydrogens is 372 g/mol. The van der Waals surface area contributed by atoms with E-state index in [1.165, 1.54) is 16.7 Å². The highest BCUT2D eigenvalue weighted by Crippen LogP contribution is 2.20. The highest BCUT2D eigenvalue weighted by Gasteiger charge is 2.11. The van der Waals surface area contributed by atoms with Crippen LogP contribution in [-0.2, 0) is 11.2 Å². The number of carbonyl (C=O) groups is 1. The molecule has 0 aliphatic heterocycles. The van der Waals surface area contributed by atoms with Crippen molar-refractivity contribution in [2.45, 2.75) is 20.3 Å². The first-order valence-electron chi connectivity index (χ1n) is 9.71. The normalized spacial score (nSPS) is 10.9. The molecule has 3 aromatic carbocycles. The number of nitrogens with one attached hydrogen (secondary N) is 1. The zero-order chi connectivity index (χ0) is 21.5. The number of amides is 1. The topological polar surface area (TPSA) is 62.1 Å². The second kappa shape index (κ2) is 9.58. The Morgan fingerprint density at radius 2 is 1.70 bits per heavy atom. The van der Waals surface area contributed by atoms with Crippen LogP contribution in [0.4, 0.5) is 5.69 Å². The summed E-state index contributed by atoms with van der Waals surface area (Å²) in [6.07, 6.45) is 2.38. The van der Waals surface area contributed by atoms with Gasteiger partial charge in [0.25, 0.3) is 5.91 Å². The Bertz CT molecular complexity index is 1100. The number of ether oxygens (including phenoxy) is 1. The highest BCUT2D eigenvalue weighted by atomic mass is 16.5. The Morgan fingerprint density at radius 3 is 2.33 bits per heavy atom. The molecule has 30 heavy (non-hydrogen) atoms. The number of methoxy groups -OCH3 is 1. The van der Waals surface area contributed by atoms with E-state index in [4.69, 9.17) is 4.74 Å². The van der Waals surface area contributed by atoms with Gasteiger partial charge in [-0.3, -0.25) is 4.79 Å². The van der Waals surface area contributed by atoms with E-state index in [2.05, 4.69) is 37.4 Å². The van der Waals surface area contributed by atoms with E-state index in [1.54, 1.807) is 37.5 Å². The fourth-order valence-corrected chi connectivity index (χ4v) is 3.40. The van der Waals surface area contributed by atoms with Gasteiger partial charge in [-0.15, -0.1) is 0 Å². The maximum absolute atomic E-state index is 12.6. The van der Waals surface area contributed by atoms with E-state index >= 15 is 0 Å². The number of hydrogen-bond acceptors (Lipinski definition) is 3. The summed E-state index contributed by atoms with van der Waals surface area (Å²) >= 11 is 0. The van der Waals surface area contributed by atoms with Crippen molar-refractivity contribution < 1.29 is 9.53 Å². The number of anilines is 1. The van der Waals surface area contributed by atoms with Gasteiger partial charge in [0.05, 0.1) is 7.11 Å². The number of nitrogens with zero attached hydrogens (tertiary/aromatic N) is 1. The van der Waals surface area contributed by atoms with Gasteiger partial charge in [-0.2, -0.15) is 5.26 Å². The monoisotopic (exact) mass is 396 g/mol. The Kier molecular flexibility index (Phi) is 6.67. The van der Waals surface area contributed by atoms with Crippen LogP contribution in [0.25, 0.3) is 6.08 Å². The molecule has 0 aromatic heterocycles. The van der Waals surface area contributed by atoms with E-state index < -0.39 is 5.91 Å². The Balaban J connectivity index is 1.84. The highest BCUT2D eigenvalue weighted by molar-refractivity contribution is 6.09. The first-order valence-corrected chi connectivity index (χ1v) is 9.71. The third kappa shape index (κ3) is 5.36. The standard InChI is InChI=1S/C26H24N2O2/c1-18-12-19(2)14-20(13-18)15-21-6-4-5-7-22(21)16-23(17-27)26(29)28-24-8-10-25(30-3)11-9-24/h4-14,16H,15H2,1-3H3,(H,28,29)/b23-16+. The average Bonchev–Trinajstić information content (AvgIpc) is 2.73. The summed E-state index contributed by atoms with van der Waals surface area (Å²) in [6.45, 7) is 4.17. The Morgan fingerprint density at radius 1 is 1.03 bits per heavy atom. The lowest BCUT2D eigenvalue weighted by Gasteiger charge is -2.10. The van der Waals surface area contributed by atoms with Crippen molar-refractivity contribution in [3.8, 4) is 11.8 Å². The molecule has 3 aromatic rings. The molecule has 1 amide bonds. The molecule has 0 bridgehead atoms. The van der Waals surface area contributed by atoms with E-state index in [-0.39, 0.29) is 5.57 Å². The number of carbonyl (C=O) groups excluding carboxylic acids is 1. The van der Waals surface area contributed by atoms with Crippen LogP contribution < -0.4 is 10.1 Å². The maximum atomic E-state index is 12.6. The largest absolute Gasteiger partial charge is 0.497 e. The average molecular weight is 396 g/mol. The van der Waals surface area contributed by atoms with Crippen molar-refractivity contribution in [3.63, 3.8) is 0 Å². The molecule has 0 radical (unpaired) electrons. The second-order valence-corrected chi connectivity index (χ2v) is 7.22. The minimum atomic E-state index is -0.441. The molecule has 0 aliphatic carbocycles. The molecule has 0 spiro atoms. The number of aryl methyl sites for hydroxylation is 2. The molecule has 0 saturated heterocycles. The molecule has 0 atom stereocenters. The lowest BCUT2D eigenvalue weighted by Crippen LogP contribution is -2.13. The summed E-state index contributed by atoms with van der Waals surface area (Å²) in [7, 11) is 1.58. The van der Waals surface area contributed by atoms with Crippen LogP contribution in [0.15, 0.2) is 72.3 Å². The lowest BCUT2D eigenvalue weighted by atomic mass is 9.96. The third-order valence-electron chi connectivity index (χ3n) is 4.74. The minimum absolute atomic E-state index is 0.0543. The van der Waals surface area contributed by atoms with Crippen LogP contribution >= 0.6 is 0 Å². The zero-order valence-electron chi connectivity index (χ0n) is 17.4. The predicted octanol–water partition coefficient (Wildman–Crippen LogP) is 5.45. The van der Waals surface area contributed by atoms with E-state index in [0.29, 0.717) is 11.4 Å². The van der Waals surface area contributed by atoms with Crippen LogP contribution in [0, 0.1) is 25.2 Å². The maximum Gasteiger partial charge on any atom is 0.266 e. The summed E-state index contributed by atoms with van der Waals surface area (Å²) in [4.78, 5) is 12.6. The van der Waals surface area contributed by atoms with Gasteiger partial charge < -0.3 is 10.1 Å². The fraction of sp³-hybridized carbons (Fsp3) is 0.154. The molecule has 0 saturated carbocycles. The molecule has 150 valence electrons. The van der Waals surface area contributed by atoms with Crippen molar-refractivity contribution in [2.24, 2.45) is 0 Å². The molecule has 0 heterocycles. The van der Waals surface area contributed by atoms with Crippen molar-refractivity contribution in [1.82, 2.24) is 0 Å². The molecular formula is C26H24N2O2. The van der Waals surface area contributed by atoms with Crippen molar-refractivity contribution in [1.29, 1.82) is 5.26 Å². The summed E-state index contributed by atoms with van der Waals surface area (Å²) in [5.74, 6) is 0.258. The number of nitriles is 1. The summed E-state index contributed by atoms with van der Waals surface area (Å²) in [6, 6.07) is 23.3. The zero-order valence-corrected chi connectivity index (χ0v) is 17.4. The summed E-state index contributed by atoms with van der Waals surface area (Å²) in [5.41, 5.74) is 6.22. The molecule has 0 aliphatic rings. The van der Waals surface area contributed by atoms with Gasteiger partial charge >= 0.3 is 0 Å². The van der Waals surface area contributed by atoms with Crippen molar-refractivity contribution >= 4 is 17.7 Å². The van der Waals surface area contributed by atoms with E-state index in [0.717, 1.165) is 17.5 Å². The molecule has 0 fully saturated rings. The quantitative estimate of drug-likeness (QED) is 0.445. The molecule has 4 heteroatoms. The predicted molar refractivity (Wildman–Crippen MR) is 120 cm³/mol. The summed E-state index contributed by atoms with van der Waals surface area (Å²) < 4.78 is 5.12. The number of rotatable bonds is 6. The Labute approximate surface area is 177 Å². The Hall–Kier alpha value is -3.84. The van der Waals surface area contributed by atoms with Crippen LogP contribution in [0.2, 0.25) is 0 Å². The molecule has 1 N–H and O–H groups in total. The van der Waals surface area contributed by atoms with Gasteiger partial charge in [-0.1, -0.05) is 53.6 Å². The van der Waals surface area contributed by atoms with Crippen LogP contribution in [-0.4, -0.2) is 13.0 Å². The first kappa shape index (κ1) is 20.9. The molecule has 3 rings (SSSR count). The van der Waals surface area contributed by atoms with Gasteiger partial charge in [0.1, 0.15) is 17.4 Å². The third-order valence-corrected chi connectivity index (χ3v) is 4.74. The van der Waals surface area contributed by atoms with Crippen molar-refractivity contribution in [3.05, 3.63) is 100 Å². The summed E-state index contributed by atoms with van der Waals surface area (Å²) in [5, 5.41) is 12.3. The lowest BCUT2D eigenvalue weighted by molar-refractivity contribution is -0.112. The minimum Gasteiger partial charge on any atom is -0.497 e. The second-order valence-electron chi connectivity index (χ2n) is 7.22. The van der Waals surface area contributed by atoms with Gasteiger partial charge in [-0.25, -0.2) is 0 Å². The van der Waals surface area contributed by atoms with E-state index in [9.17, 15) is 10.1 Å². The van der Waals surface area contributed by atoms with Gasteiger partial charge in [0.2, 0.25) is 0 Å². The van der Waals surface area contributed by atoms with Crippen molar-refractivity contribution in [2.75, 3.05) is 12.4 Å². The van der Waals surface area contributed by atoms with Crippen LogP contribution in [0.3, 0.4) is 0 Å². The smallest absolute Gasteiger partial charge is 0.266 e. The van der Waals surface area contributed by atoms with Gasteiger partial charge in [-0.05, 0) is 67.3 Å². The number of benzene rings is 3. The number of hydrogen-bond donors (Lipinski definition) is 1. The van der Waals surface area contributed by atoms with Crippen LogP contribution in [0.1, 0.15) is 27.8 Å². The first-order chi connectivity index (χ1) is 14.5. The molecule has 0 unspecified atom stereocenters. The van der Waals surface area contributed by atoms with Crippen LogP contribution in [0.5, 0.6) is 5.75 Å². The van der Waals surface area contributed by atoms with Gasteiger partial charge in [0, 0.05) is 5.69 Å². The SMILES string of the molecule is COc1ccc(NC(=O)/C(C#N)=C/c2ccccc2Cc2cc(C)cc(C)c2)cc1. The van der Waals surface area contributed by atoms with Gasteiger partial charge in [0.15, 0.2) is 0 Å². The van der Waals surface area contributed by atoms with E-state index in [1.807, 2.05) is 30.3 Å².